The fourth-order valence-corrected chi connectivity index (χ4v) is 11.1. The molecule has 0 spiro atoms. The van der Waals surface area contributed by atoms with Gasteiger partial charge in [-0.3, -0.25) is 0 Å². The lowest BCUT2D eigenvalue weighted by Gasteiger charge is -2.36. The zero-order valence-corrected chi connectivity index (χ0v) is 33.8. The summed E-state index contributed by atoms with van der Waals surface area (Å²) in [4.78, 5) is 2.41. The monoisotopic (exact) mass is 764 g/mol. The molecule has 10 aromatic carbocycles. The third-order valence-electron chi connectivity index (χ3n) is 13.9. The van der Waals surface area contributed by atoms with Crippen molar-refractivity contribution < 1.29 is 0 Å². The molecule has 282 valence electrons. The Morgan fingerprint density at radius 1 is 0.417 bits per heavy atom. The van der Waals surface area contributed by atoms with E-state index in [-0.39, 0.29) is 5.41 Å². The predicted molar refractivity (Wildman–Crippen MR) is 256 cm³/mol. The molecule has 1 aliphatic heterocycles. The number of benzene rings is 10. The third-order valence-corrected chi connectivity index (χ3v) is 13.9. The first-order valence-electron chi connectivity index (χ1n) is 21.0. The summed E-state index contributed by atoms with van der Waals surface area (Å²) < 4.78 is 2.54. The van der Waals surface area contributed by atoms with Crippen LogP contribution in [0.15, 0.2) is 183 Å². The van der Waals surface area contributed by atoms with Gasteiger partial charge in [-0.25, -0.2) is 0 Å². The van der Waals surface area contributed by atoms with Gasteiger partial charge in [-0.1, -0.05) is 154 Å². The average Bonchev–Trinajstić information content (AvgIpc) is 3.72. The SMILES string of the molecule is C=C1c2c(ccc3ccccc23)-c2ccc(-n3c4cc5c(cc4c4cc6c7ccccc7c7ccccc7c6cc43)-c3ccccc3C5(C)C)cc2N1c1ccccc1C. The fourth-order valence-electron chi connectivity index (χ4n) is 11.1. The van der Waals surface area contributed by atoms with Gasteiger partial charge in [-0.2, -0.15) is 0 Å². The van der Waals surface area contributed by atoms with Crippen LogP contribution in [0.5, 0.6) is 0 Å². The zero-order chi connectivity index (χ0) is 40.0. The molecule has 0 unspecified atom stereocenters. The van der Waals surface area contributed by atoms with Crippen LogP contribution in [0.4, 0.5) is 11.4 Å². The molecule has 2 heterocycles. The summed E-state index contributed by atoms with van der Waals surface area (Å²) in [5.74, 6) is 0. The zero-order valence-electron chi connectivity index (χ0n) is 33.8. The van der Waals surface area contributed by atoms with E-state index >= 15 is 0 Å². The second-order valence-electron chi connectivity index (χ2n) is 17.4. The van der Waals surface area contributed by atoms with Crippen molar-refractivity contribution in [1.82, 2.24) is 4.57 Å². The summed E-state index contributed by atoms with van der Waals surface area (Å²) in [5.41, 5.74) is 16.9. The molecule has 60 heavy (non-hydrogen) atoms. The minimum Gasteiger partial charge on any atom is -0.309 e. The molecule has 1 aromatic heterocycles. The summed E-state index contributed by atoms with van der Waals surface area (Å²) in [6, 6.07) is 65.9. The van der Waals surface area contributed by atoms with Crippen LogP contribution < -0.4 is 4.90 Å². The number of aromatic nitrogens is 1. The van der Waals surface area contributed by atoms with Crippen LogP contribution in [-0.2, 0) is 5.41 Å². The maximum Gasteiger partial charge on any atom is 0.0561 e. The van der Waals surface area contributed by atoms with Gasteiger partial charge in [0, 0.05) is 44.4 Å². The van der Waals surface area contributed by atoms with Gasteiger partial charge in [0.25, 0.3) is 0 Å². The van der Waals surface area contributed by atoms with Gasteiger partial charge in [-0.15, -0.1) is 0 Å². The molecule has 0 N–H and O–H groups in total. The number of para-hydroxylation sites is 1. The molecule has 0 bridgehead atoms. The Morgan fingerprint density at radius 3 is 1.78 bits per heavy atom. The topological polar surface area (TPSA) is 8.17 Å². The second kappa shape index (κ2) is 11.8. The average molecular weight is 765 g/mol. The first-order chi connectivity index (χ1) is 29.4. The van der Waals surface area contributed by atoms with E-state index in [4.69, 9.17) is 6.58 Å². The standard InChI is InChI=1S/C58H40N2/c1-34-15-5-14-24-53(34)59-35(2)57-38-17-7-6-16-36(38)25-27-45(57)44-28-26-37(29-54(44)59)60-55-32-47-42-21-11-9-19-40(42)39-18-8-10-20-41(39)46(47)30-49(55)50-31-48-43-22-12-13-23-51(43)58(3,4)52(48)33-56(50)60/h5-33H,2H2,1,3-4H3. The summed E-state index contributed by atoms with van der Waals surface area (Å²) in [5, 5.41) is 12.7. The number of anilines is 2. The maximum atomic E-state index is 4.88. The van der Waals surface area contributed by atoms with Gasteiger partial charge in [0.2, 0.25) is 0 Å². The van der Waals surface area contributed by atoms with E-state index in [1.54, 1.807) is 0 Å². The summed E-state index contributed by atoms with van der Waals surface area (Å²) in [6.07, 6.45) is 0. The van der Waals surface area contributed by atoms with Crippen LogP contribution >= 0.6 is 0 Å². The molecule has 0 atom stereocenters. The maximum absolute atomic E-state index is 4.88. The molecule has 13 rings (SSSR count). The van der Waals surface area contributed by atoms with Crippen LogP contribution in [0.2, 0.25) is 0 Å². The van der Waals surface area contributed by atoms with Crippen molar-refractivity contribution in [3.63, 3.8) is 0 Å². The molecule has 11 aromatic rings. The lowest BCUT2D eigenvalue weighted by Crippen LogP contribution is -2.21. The molecule has 0 saturated carbocycles. The normalized spacial score (nSPS) is 14.1. The van der Waals surface area contributed by atoms with E-state index in [9.17, 15) is 0 Å². The second-order valence-corrected chi connectivity index (χ2v) is 17.4. The lowest BCUT2D eigenvalue weighted by molar-refractivity contribution is 0.661. The van der Waals surface area contributed by atoms with Crippen LogP contribution in [0.1, 0.15) is 36.1 Å². The number of aryl methyl sites for hydroxylation is 1. The van der Waals surface area contributed by atoms with Crippen molar-refractivity contribution in [3.05, 3.63) is 205 Å². The molecular weight excluding hydrogens is 725 g/mol. The smallest absolute Gasteiger partial charge is 0.0561 e. The van der Waals surface area contributed by atoms with Gasteiger partial charge in [0.05, 0.1) is 16.7 Å². The van der Waals surface area contributed by atoms with Crippen LogP contribution in [0.3, 0.4) is 0 Å². The van der Waals surface area contributed by atoms with Crippen molar-refractivity contribution in [2.75, 3.05) is 4.90 Å². The summed E-state index contributed by atoms with van der Waals surface area (Å²) >= 11 is 0. The van der Waals surface area contributed by atoms with E-state index in [1.807, 2.05) is 0 Å². The van der Waals surface area contributed by atoms with E-state index in [0.717, 1.165) is 22.8 Å². The minimum absolute atomic E-state index is 0.139. The highest BCUT2D eigenvalue weighted by atomic mass is 15.2. The Bertz CT molecular complexity index is 3730. The van der Waals surface area contributed by atoms with E-state index in [1.165, 1.54) is 109 Å². The number of nitrogens with zero attached hydrogens (tertiary/aromatic N) is 2. The Morgan fingerprint density at radius 2 is 1.02 bits per heavy atom. The Hall–Kier alpha value is -7.42. The third kappa shape index (κ3) is 4.32. The van der Waals surface area contributed by atoms with Crippen LogP contribution in [0, 0.1) is 6.92 Å². The van der Waals surface area contributed by atoms with E-state index in [2.05, 4.69) is 206 Å². The number of fused-ring (bicyclic) bond motifs is 17. The Kier molecular flexibility index (Phi) is 6.62. The van der Waals surface area contributed by atoms with Gasteiger partial charge in [-0.05, 0) is 126 Å². The molecule has 1 aliphatic carbocycles. The van der Waals surface area contributed by atoms with Crippen LogP contribution in [0.25, 0.3) is 98.5 Å². The largest absolute Gasteiger partial charge is 0.309 e. The fraction of sp³-hybridized carbons (Fsp3) is 0.0690. The van der Waals surface area contributed by atoms with Crippen molar-refractivity contribution in [3.8, 4) is 27.9 Å². The van der Waals surface area contributed by atoms with Crippen molar-refractivity contribution in [2.24, 2.45) is 0 Å². The molecule has 2 heteroatoms. The Balaban J connectivity index is 1.17. The molecule has 0 saturated heterocycles. The lowest BCUT2D eigenvalue weighted by atomic mass is 9.82. The van der Waals surface area contributed by atoms with Gasteiger partial charge in [0.15, 0.2) is 0 Å². The molecule has 0 fully saturated rings. The summed E-state index contributed by atoms with van der Waals surface area (Å²) in [6.45, 7) is 11.9. The predicted octanol–water partition coefficient (Wildman–Crippen LogP) is 15.8. The first kappa shape index (κ1) is 33.5. The highest BCUT2D eigenvalue weighted by Crippen LogP contribution is 2.54. The first-order valence-corrected chi connectivity index (χ1v) is 21.0. The van der Waals surface area contributed by atoms with Crippen molar-refractivity contribution in [2.45, 2.75) is 26.2 Å². The minimum atomic E-state index is -0.139. The molecule has 0 radical (unpaired) electrons. The molecular formula is C58H40N2. The number of hydrogen-bond donors (Lipinski definition) is 0. The highest BCUT2D eigenvalue weighted by Gasteiger charge is 2.37. The van der Waals surface area contributed by atoms with Gasteiger partial charge >= 0.3 is 0 Å². The molecule has 0 amide bonds. The Labute approximate surface area is 348 Å². The molecule has 2 nitrogen and oxygen atoms in total. The number of hydrogen-bond acceptors (Lipinski definition) is 1. The summed E-state index contributed by atoms with van der Waals surface area (Å²) in [7, 11) is 0. The van der Waals surface area contributed by atoms with Gasteiger partial charge in [0.1, 0.15) is 0 Å². The van der Waals surface area contributed by atoms with Crippen molar-refractivity contribution >= 4 is 82.0 Å². The van der Waals surface area contributed by atoms with E-state index < -0.39 is 0 Å². The quantitative estimate of drug-likeness (QED) is 0.159. The van der Waals surface area contributed by atoms with Crippen LogP contribution in [-0.4, -0.2) is 4.57 Å². The van der Waals surface area contributed by atoms with Gasteiger partial charge < -0.3 is 9.47 Å². The molecule has 2 aliphatic rings. The van der Waals surface area contributed by atoms with E-state index in [0.29, 0.717) is 0 Å². The number of rotatable bonds is 2. The van der Waals surface area contributed by atoms with Crippen molar-refractivity contribution in [1.29, 1.82) is 0 Å². The highest BCUT2D eigenvalue weighted by molar-refractivity contribution is 6.29.